The fourth-order valence-corrected chi connectivity index (χ4v) is 6.01. The lowest BCUT2D eigenvalue weighted by Crippen LogP contribution is -2.48. The Labute approximate surface area is 304 Å². The average molecular weight is 728 g/mol. The van der Waals surface area contributed by atoms with Crippen LogP contribution in [0.1, 0.15) is 104 Å². The second-order valence-electron chi connectivity index (χ2n) is 16.0. The quantitative estimate of drug-likeness (QED) is 0.210. The van der Waals surface area contributed by atoms with Crippen LogP contribution in [0.15, 0.2) is 36.5 Å². The van der Waals surface area contributed by atoms with Crippen LogP contribution in [0.2, 0.25) is 0 Å². The molecule has 2 aromatic carbocycles. The third kappa shape index (κ3) is 10.1. The number of amides is 3. The van der Waals surface area contributed by atoms with Crippen molar-refractivity contribution in [2.24, 2.45) is 0 Å². The molecule has 1 aliphatic rings. The molecule has 11 nitrogen and oxygen atoms in total. The number of hydrogen-bond acceptors (Lipinski definition) is 9. The minimum atomic E-state index is -1.22. The van der Waals surface area contributed by atoms with E-state index in [1.54, 1.807) is 74.6 Å². The molecule has 0 N–H and O–H groups in total. The summed E-state index contributed by atoms with van der Waals surface area (Å²) in [4.78, 5) is 56.0. The van der Waals surface area contributed by atoms with Crippen molar-refractivity contribution in [1.82, 2.24) is 14.4 Å². The van der Waals surface area contributed by atoms with Gasteiger partial charge >= 0.3 is 18.3 Å². The first-order valence-electron chi connectivity index (χ1n) is 17.6. The molecule has 1 aromatic heterocycles. The SMILES string of the molecule is CCCN(CCCc1cn(C(=O)OC(C)(C)C)c2ccc(F)cc12)[C@H]1COc2c(F)ccc(C(=O)N(C(=O)OC(C)(C)C)C(=O)OC(C)(C)C)c2C1. The maximum Gasteiger partial charge on any atom is 0.427 e. The molecule has 13 heteroatoms. The molecule has 0 aliphatic carbocycles. The molecule has 3 aromatic rings. The van der Waals surface area contributed by atoms with Crippen LogP contribution in [0.3, 0.4) is 0 Å². The number of carbonyl (C=O) groups is 4. The molecule has 1 aliphatic heterocycles. The van der Waals surface area contributed by atoms with Crippen LogP contribution in [-0.4, -0.2) is 81.1 Å². The van der Waals surface area contributed by atoms with Crippen LogP contribution in [0.5, 0.6) is 5.75 Å². The molecule has 0 radical (unpaired) electrons. The molecular weight excluding hydrogens is 676 g/mol. The number of hydrogen-bond donors (Lipinski definition) is 0. The Morgan fingerprint density at radius 1 is 0.865 bits per heavy atom. The van der Waals surface area contributed by atoms with Crippen LogP contribution < -0.4 is 4.74 Å². The van der Waals surface area contributed by atoms with Gasteiger partial charge in [-0.3, -0.25) is 14.3 Å². The van der Waals surface area contributed by atoms with Crippen molar-refractivity contribution in [1.29, 1.82) is 0 Å². The number of halogens is 2. The van der Waals surface area contributed by atoms with Gasteiger partial charge in [0.25, 0.3) is 5.91 Å². The Kier molecular flexibility index (Phi) is 12.1. The molecule has 0 saturated heterocycles. The predicted octanol–water partition coefficient (Wildman–Crippen LogP) is 8.66. The number of imide groups is 3. The largest absolute Gasteiger partial charge is 0.489 e. The zero-order valence-corrected chi connectivity index (χ0v) is 31.9. The van der Waals surface area contributed by atoms with Crippen molar-refractivity contribution >= 4 is 35.1 Å². The highest BCUT2D eigenvalue weighted by atomic mass is 19.1. The van der Waals surface area contributed by atoms with Crippen molar-refractivity contribution in [3.8, 4) is 5.75 Å². The van der Waals surface area contributed by atoms with E-state index in [-0.39, 0.29) is 35.9 Å². The van der Waals surface area contributed by atoms with Crippen molar-refractivity contribution in [2.75, 3.05) is 19.7 Å². The number of carbonyl (C=O) groups excluding carboxylic acids is 4. The summed E-state index contributed by atoms with van der Waals surface area (Å²) >= 11 is 0. The fourth-order valence-electron chi connectivity index (χ4n) is 6.01. The van der Waals surface area contributed by atoms with E-state index < -0.39 is 52.6 Å². The van der Waals surface area contributed by atoms with E-state index in [1.807, 2.05) is 6.92 Å². The fraction of sp³-hybridized carbons (Fsp3) is 0.538. The topological polar surface area (TPSA) is 117 Å². The summed E-state index contributed by atoms with van der Waals surface area (Å²) in [6.45, 7) is 18.3. The van der Waals surface area contributed by atoms with Crippen LogP contribution in [0.4, 0.5) is 23.2 Å². The molecule has 0 saturated carbocycles. The van der Waals surface area contributed by atoms with E-state index in [9.17, 15) is 23.6 Å². The van der Waals surface area contributed by atoms with E-state index in [1.165, 1.54) is 22.8 Å². The molecule has 3 amide bonds. The zero-order chi connectivity index (χ0) is 38.8. The number of benzene rings is 2. The molecule has 0 unspecified atom stereocenters. The minimum absolute atomic E-state index is 0.0914. The standard InChI is InChI=1S/C39H51F2N3O8/c1-11-18-42(19-12-13-24-22-43(34(46)50-37(2,3)4)31-17-14-25(40)20-28(24)31)26-21-29-27(15-16-30(41)32(29)49-23-26)33(45)44(35(47)51-38(5,6)7)36(48)52-39(8,9)10/h14-17,20,22,26H,11-13,18-19,21,23H2,1-10H3/t26-/m1/s1. The first kappa shape index (κ1) is 40.3. The van der Waals surface area contributed by atoms with Crippen LogP contribution >= 0.6 is 0 Å². The average Bonchev–Trinajstić information content (AvgIpc) is 3.35. The Morgan fingerprint density at radius 3 is 2.06 bits per heavy atom. The van der Waals surface area contributed by atoms with Gasteiger partial charge in [0.05, 0.1) is 5.52 Å². The van der Waals surface area contributed by atoms with Crippen LogP contribution in [0, 0.1) is 11.6 Å². The van der Waals surface area contributed by atoms with E-state index >= 15 is 4.39 Å². The highest BCUT2D eigenvalue weighted by Crippen LogP contribution is 2.34. The third-order valence-corrected chi connectivity index (χ3v) is 8.02. The van der Waals surface area contributed by atoms with Gasteiger partial charge in [-0.2, -0.15) is 0 Å². The highest BCUT2D eigenvalue weighted by molar-refractivity contribution is 6.14. The summed E-state index contributed by atoms with van der Waals surface area (Å²) in [5, 5.41) is 0.612. The second kappa shape index (κ2) is 15.6. The lowest BCUT2D eigenvalue weighted by molar-refractivity contribution is 0.00381. The lowest BCUT2D eigenvalue weighted by Gasteiger charge is -2.36. The van der Waals surface area contributed by atoms with Gasteiger partial charge in [-0.05, 0) is 137 Å². The van der Waals surface area contributed by atoms with E-state index in [0.717, 1.165) is 18.1 Å². The molecule has 4 rings (SSSR count). The van der Waals surface area contributed by atoms with Gasteiger partial charge in [0.2, 0.25) is 0 Å². The molecule has 52 heavy (non-hydrogen) atoms. The van der Waals surface area contributed by atoms with Crippen molar-refractivity contribution in [2.45, 2.75) is 118 Å². The Morgan fingerprint density at radius 2 is 1.48 bits per heavy atom. The lowest BCUT2D eigenvalue weighted by atomic mass is 9.94. The van der Waals surface area contributed by atoms with Gasteiger partial charge in [-0.25, -0.2) is 23.2 Å². The summed E-state index contributed by atoms with van der Waals surface area (Å²) in [6, 6.07) is 6.27. The molecule has 284 valence electrons. The van der Waals surface area contributed by atoms with Crippen LogP contribution in [-0.2, 0) is 27.1 Å². The van der Waals surface area contributed by atoms with Crippen LogP contribution in [0.25, 0.3) is 10.9 Å². The summed E-state index contributed by atoms with van der Waals surface area (Å²) in [7, 11) is 0. The molecule has 0 bridgehead atoms. The summed E-state index contributed by atoms with van der Waals surface area (Å²) in [5.41, 5.74) is -1.34. The van der Waals surface area contributed by atoms with E-state index in [2.05, 4.69) is 4.90 Å². The predicted molar refractivity (Wildman–Crippen MR) is 192 cm³/mol. The number of aromatic nitrogens is 1. The van der Waals surface area contributed by atoms with Crippen molar-refractivity contribution < 1.29 is 46.9 Å². The first-order chi connectivity index (χ1) is 24.1. The summed E-state index contributed by atoms with van der Waals surface area (Å²) in [6.07, 6.45) is 0.782. The minimum Gasteiger partial charge on any atom is -0.489 e. The van der Waals surface area contributed by atoms with Crippen molar-refractivity contribution in [3.63, 3.8) is 0 Å². The van der Waals surface area contributed by atoms with Gasteiger partial charge in [-0.1, -0.05) is 6.92 Å². The zero-order valence-electron chi connectivity index (χ0n) is 31.9. The third-order valence-electron chi connectivity index (χ3n) is 8.02. The number of nitrogens with zero attached hydrogens (tertiary/aromatic N) is 3. The Hall–Kier alpha value is -4.52. The van der Waals surface area contributed by atoms with Gasteiger partial charge in [0.15, 0.2) is 11.6 Å². The summed E-state index contributed by atoms with van der Waals surface area (Å²) in [5.74, 6) is -2.25. The molecule has 2 heterocycles. The molecule has 0 spiro atoms. The van der Waals surface area contributed by atoms with Crippen molar-refractivity contribution in [3.05, 3.63) is 64.9 Å². The van der Waals surface area contributed by atoms with E-state index in [0.29, 0.717) is 41.7 Å². The van der Waals surface area contributed by atoms with Gasteiger partial charge in [-0.15, -0.1) is 4.90 Å². The second-order valence-corrected chi connectivity index (χ2v) is 16.0. The maximum atomic E-state index is 15.1. The smallest absolute Gasteiger partial charge is 0.427 e. The van der Waals surface area contributed by atoms with Gasteiger partial charge in [0.1, 0.15) is 29.2 Å². The number of aryl methyl sites for hydroxylation is 1. The molecular formula is C39H51F2N3O8. The monoisotopic (exact) mass is 727 g/mol. The Balaban J connectivity index is 1.59. The molecule has 0 fully saturated rings. The van der Waals surface area contributed by atoms with E-state index in [4.69, 9.17) is 18.9 Å². The summed E-state index contributed by atoms with van der Waals surface area (Å²) < 4.78 is 53.2. The van der Waals surface area contributed by atoms with Gasteiger partial charge in [0, 0.05) is 28.8 Å². The number of ether oxygens (including phenoxy) is 4. The number of fused-ring (bicyclic) bond motifs is 2. The Bertz CT molecular complexity index is 1790. The normalized spacial score (nSPS) is 14.8. The maximum absolute atomic E-state index is 15.1. The van der Waals surface area contributed by atoms with Gasteiger partial charge < -0.3 is 18.9 Å². The number of rotatable bonds is 8. The highest BCUT2D eigenvalue weighted by Gasteiger charge is 2.40. The molecule has 1 atom stereocenters. The first-order valence-corrected chi connectivity index (χ1v) is 17.6.